The second kappa shape index (κ2) is 5.55. The molecule has 0 fully saturated rings. The van der Waals surface area contributed by atoms with Gasteiger partial charge in [-0.3, -0.25) is 0 Å². The van der Waals surface area contributed by atoms with Crippen molar-refractivity contribution in [2.24, 2.45) is 0 Å². The Balaban J connectivity index is 0. The summed E-state index contributed by atoms with van der Waals surface area (Å²) >= 11 is -1.69. The fourth-order valence-electron chi connectivity index (χ4n) is 0.368. The topological polar surface area (TPSA) is 27.7 Å². The molecule has 0 aliphatic rings. The Hall–Kier alpha value is 0.412. The summed E-state index contributed by atoms with van der Waals surface area (Å²) < 4.78 is 14.7. The van der Waals surface area contributed by atoms with Gasteiger partial charge in [-0.15, -0.1) is 0 Å². The Morgan fingerprint density at radius 1 is 1.38 bits per heavy atom. The maximum Gasteiger partial charge on any atom is 0.905 e. The van der Waals surface area contributed by atoms with Crippen LogP contribution in [0.1, 0.15) is 8.35 Å². The second-order valence-electron chi connectivity index (χ2n) is 1.22. The monoisotopic (exact) mass is 136 g/mol. The average Bonchev–Trinajstić information content (AvgIpc) is 1.83. The van der Waals surface area contributed by atoms with E-state index in [0.717, 1.165) is 0 Å². The molecule has 0 unspecified atom stereocenters. The Morgan fingerprint density at radius 3 is 2.00 bits per heavy atom. The molecule has 0 saturated heterocycles. The van der Waals surface area contributed by atoms with Crippen LogP contribution >= 0.6 is 0 Å². The fourth-order valence-corrected chi connectivity index (χ4v) is 1.11. The Bertz CT molecular complexity index is 51.1. The van der Waals surface area contributed by atoms with E-state index in [4.69, 9.17) is 11.4 Å². The van der Waals surface area contributed by atoms with Gasteiger partial charge in [0.25, 0.3) is 0 Å². The van der Waals surface area contributed by atoms with Crippen molar-refractivity contribution in [3.05, 3.63) is 0 Å². The summed E-state index contributed by atoms with van der Waals surface area (Å²) in [5.41, 5.74) is 0. The van der Waals surface area contributed by atoms with Crippen molar-refractivity contribution >= 4 is 15.1 Å². The molecule has 0 saturated carbocycles. The molecule has 0 bridgehead atoms. The summed E-state index contributed by atoms with van der Waals surface area (Å²) in [5.74, 6) is 0. The maximum absolute atomic E-state index is 5.03. The Morgan fingerprint density at radius 2 is 1.88 bits per heavy atom. The van der Waals surface area contributed by atoms with Gasteiger partial charge in [-0.25, -0.2) is 0 Å². The first-order valence-corrected chi connectivity index (χ1v) is 3.93. The standard InChI is InChI=1S/C2H5O.2CH3O.Al.H2/c1-2-3;2*1-2;;/h2H2,1H3;2*1H3;;1H/q3*-1;+3;. The summed E-state index contributed by atoms with van der Waals surface area (Å²) in [7, 11) is 3.19. The summed E-state index contributed by atoms with van der Waals surface area (Å²) in [4.78, 5) is 0. The van der Waals surface area contributed by atoms with E-state index in [-0.39, 0.29) is 1.43 Å². The summed E-state index contributed by atoms with van der Waals surface area (Å²) in [6.45, 7) is 2.58. The lowest BCUT2D eigenvalue weighted by Gasteiger charge is -2.03. The van der Waals surface area contributed by atoms with Gasteiger partial charge in [-0.2, -0.15) is 0 Å². The van der Waals surface area contributed by atoms with Crippen molar-refractivity contribution in [1.82, 2.24) is 0 Å². The highest BCUT2D eigenvalue weighted by molar-refractivity contribution is 6.36. The minimum absolute atomic E-state index is 0. The minimum atomic E-state index is -1.69. The molecular weight excluding hydrogens is 123 g/mol. The third kappa shape index (κ3) is 3.42. The molecule has 0 aromatic heterocycles. The highest BCUT2D eigenvalue weighted by Gasteiger charge is 2.26. The van der Waals surface area contributed by atoms with Crippen molar-refractivity contribution in [2.75, 3.05) is 20.8 Å². The molecule has 0 spiro atoms. The lowest BCUT2D eigenvalue weighted by Crippen LogP contribution is -2.23. The van der Waals surface area contributed by atoms with Crippen LogP contribution in [-0.4, -0.2) is 36.0 Å². The fraction of sp³-hybridized carbons (Fsp3) is 1.00. The van der Waals surface area contributed by atoms with Crippen LogP contribution in [0.15, 0.2) is 0 Å². The van der Waals surface area contributed by atoms with E-state index >= 15 is 0 Å². The van der Waals surface area contributed by atoms with Gasteiger partial charge in [0, 0.05) is 22.3 Å². The normalized spacial score (nSPS) is 9.38. The molecule has 0 amide bonds. The lowest BCUT2D eigenvalue weighted by molar-refractivity contribution is 0.142. The largest absolute Gasteiger partial charge is 0.905 e. The van der Waals surface area contributed by atoms with Gasteiger partial charge >= 0.3 is 15.1 Å². The van der Waals surface area contributed by atoms with Gasteiger partial charge in [0.15, 0.2) is 0 Å². The van der Waals surface area contributed by atoms with E-state index in [0.29, 0.717) is 6.61 Å². The van der Waals surface area contributed by atoms with Gasteiger partial charge in [-0.05, 0) is 6.92 Å². The predicted octanol–water partition coefficient (Wildman–Crippen LogP) is 0.547. The molecule has 0 N–H and O–H groups in total. The van der Waals surface area contributed by atoms with Gasteiger partial charge in [0.05, 0.1) is 0 Å². The van der Waals surface area contributed by atoms with E-state index in [2.05, 4.69) is 0 Å². The Kier molecular flexibility index (Phi) is 5.83. The number of rotatable bonds is 4. The molecule has 8 heavy (non-hydrogen) atoms. The second-order valence-corrected chi connectivity index (χ2v) is 3.07. The molecule has 0 heterocycles. The molecule has 0 atom stereocenters. The first-order valence-electron chi connectivity index (χ1n) is 2.52. The molecular formula is C4H13AlO3. The third-order valence-electron chi connectivity index (χ3n) is 0.688. The van der Waals surface area contributed by atoms with Gasteiger partial charge in [0.1, 0.15) is 0 Å². The first-order chi connectivity index (χ1) is 3.85. The first kappa shape index (κ1) is 8.41. The molecule has 0 aromatic carbocycles. The minimum Gasteiger partial charge on any atom is -0.457 e. The number of hydrogen-bond acceptors (Lipinski definition) is 3. The van der Waals surface area contributed by atoms with Crippen LogP contribution in [0, 0.1) is 0 Å². The van der Waals surface area contributed by atoms with Crippen LogP contribution in [0.4, 0.5) is 0 Å². The van der Waals surface area contributed by atoms with Crippen molar-refractivity contribution in [3.8, 4) is 0 Å². The van der Waals surface area contributed by atoms with E-state index in [1.54, 1.807) is 14.2 Å². The molecule has 4 heteroatoms. The van der Waals surface area contributed by atoms with Crippen molar-refractivity contribution in [1.29, 1.82) is 0 Å². The van der Waals surface area contributed by atoms with E-state index < -0.39 is 15.1 Å². The van der Waals surface area contributed by atoms with Gasteiger partial charge in [-0.1, -0.05) is 0 Å². The zero-order valence-electron chi connectivity index (χ0n) is 5.51. The van der Waals surface area contributed by atoms with E-state index in [1.165, 1.54) is 0 Å². The average molecular weight is 136 g/mol. The van der Waals surface area contributed by atoms with Crippen LogP contribution in [0.25, 0.3) is 0 Å². The van der Waals surface area contributed by atoms with Crippen LogP contribution in [0.3, 0.4) is 0 Å². The molecule has 0 radical (unpaired) electrons. The van der Waals surface area contributed by atoms with Crippen molar-refractivity contribution in [2.45, 2.75) is 6.92 Å². The molecule has 0 aliphatic heterocycles. The lowest BCUT2D eigenvalue weighted by atomic mass is 10.9. The van der Waals surface area contributed by atoms with Gasteiger partial charge in [0.2, 0.25) is 0 Å². The third-order valence-corrected chi connectivity index (χ3v) is 2.06. The SMILES string of the molecule is CC[O][Al]([O]C)[O]C.[HH]. The zero-order valence-corrected chi connectivity index (χ0v) is 6.66. The molecule has 0 aliphatic carbocycles. The smallest absolute Gasteiger partial charge is 0.457 e. The van der Waals surface area contributed by atoms with Gasteiger partial charge < -0.3 is 11.4 Å². The molecule has 3 nitrogen and oxygen atoms in total. The summed E-state index contributed by atoms with van der Waals surface area (Å²) in [5, 5.41) is 0. The molecule has 0 rings (SSSR count). The highest BCUT2D eigenvalue weighted by atomic mass is 27.3. The quantitative estimate of drug-likeness (QED) is 0.528. The van der Waals surface area contributed by atoms with Crippen LogP contribution in [0.5, 0.6) is 0 Å². The van der Waals surface area contributed by atoms with Crippen LogP contribution in [0.2, 0.25) is 0 Å². The molecule has 50 valence electrons. The van der Waals surface area contributed by atoms with E-state index in [9.17, 15) is 0 Å². The zero-order chi connectivity index (χ0) is 6.41. The van der Waals surface area contributed by atoms with Crippen molar-refractivity contribution in [3.63, 3.8) is 0 Å². The number of hydrogen-bond donors (Lipinski definition) is 0. The predicted molar refractivity (Wildman–Crippen MR) is 33.5 cm³/mol. The van der Waals surface area contributed by atoms with Crippen LogP contribution in [-0.2, 0) is 11.4 Å². The van der Waals surface area contributed by atoms with Crippen LogP contribution < -0.4 is 0 Å². The summed E-state index contributed by atoms with van der Waals surface area (Å²) in [6, 6.07) is 0. The Labute approximate surface area is 56.4 Å². The molecule has 0 aromatic rings. The highest BCUT2D eigenvalue weighted by Crippen LogP contribution is 1.85. The maximum atomic E-state index is 5.03. The van der Waals surface area contributed by atoms with Crippen molar-refractivity contribution < 1.29 is 12.8 Å². The summed E-state index contributed by atoms with van der Waals surface area (Å²) in [6.07, 6.45) is 0. The van der Waals surface area contributed by atoms with E-state index in [1.807, 2.05) is 6.92 Å².